The highest BCUT2D eigenvalue weighted by Gasteiger charge is 2.26. The van der Waals surface area contributed by atoms with Crippen LogP contribution in [0.25, 0.3) is 11.5 Å². The zero-order chi connectivity index (χ0) is 18.6. The topological polar surface area (TPSA) is 46.3 Å². The summed E-state index contributed by atoms with van der Waals surface area (Å²) in [6.45, 7) is 2.52. The van der Waals surface area contributed by atoms with E-state index in [1.54, 1.807) is 6.26 Å². The molecule has 1 fully saturated rings. The Morgan fingerprint density at radius 3 is 2.63 bits per heavy atom. The number of benzene rings is 2. The molecule has 1 saturated heterocycles. The van der Waals surface area contributed by atoms with Crippen LogP contribution in [-0.2, 0) is 6.54 Å². The maximum Gasteiger partial charge on any atom is 0.226 e. The number of piperidine rings is 1. The largest absolute Gasteiger partial charge is 0.444 e. The summed E-state index contributed by atoms with van der Waals surface area (Å²) >= 11 is 6.04. The summed E-state index contributed by atoms with van der Waals surface area (Å²) < 4.78 is 5.61. The van der Waals surface area contributed by atoms with Gasteiger partial charge in [-0.2, -0.15) is 0 Å². The van der Waals surface area contributed by atoms with Gasteiger partial charge in [-0.3, -0.25) is 9.69 Å². The lowest BCUT2D eigenvalue weighted by Gasteiger charge is -2.30. The van der Waals surface area contributed by atoms with Gasteiger partial charge in [-0.05, 0) is 44.1 Å². The third-order valence-electron chi connectivity index (χ3n) is 5.03. The molecule has 4 rings (SSSR count). The predicted octanol–water partition coefficient (Wildman–Crippen LogP) is 5.09. The maximum atomic E-state index is 12.6. The van der Waals surface area contributed by atoms with Crippen molar-refractivity contribution < 1.29 is 9.21 Å². The van der Waals surface area contributed by atoms with Gasteiger partial charge < -0.3 is 4.42 Å². The first kappa shape index (κ1) is 18.0. The van der Waals surface area contributed by atoms with Crippen LogP contribution >= 0.6 is 11.6 Å². The Bertz CT molecular complexity index is 915. The normalized spacial score (nSPS) is 15.7. The second kappa shape index (κ2) is 8.07. The second-order valence-electron chi connectivity index (χ2n) is 6.94. The van der Waals surface area contributed by atoms with Gasteiger partial charge in [-0.25, -0.2) is 4.98 Å². The molecule has 0 saturated carbocycles. The molecule has 4 nitrogen and oxygen atoms in total. The summed E-state index contributed by atoms with van der Waals surface area (Å²) in [5, 5.41) is 0.664. The van der Waals surface area contributed by atoms with E-state index in [0.29, 0.717) is 10.9 Å². The second-order valence-corrected chi connectivity index (χ2v) is 7.37. The van der Waals surface area contributed by atoms with Crippen LogP contribution in [0.4, 0.5) is 0 Å². The summed E-state index contributed by atoms with van der Waals surface area (Å²) in [4.78, 5) is 19.5. The number of rotatable bonds is 5. The lowest BCUT2D eigenvalue weighted by atomic mass is 9.89. The van der Waals surface area contributed by atoms with E-state index in [2.05, 4.69) is 9.88 Å². The van der Waals surface area contributed by atoms with Gasteiger partial charge in [0, 0.05) is 28.6 Å². The summed E-state index contributed by atoms with van der Waals surface area (Å²) in [5.41, 5.74) is 2.59. The number of halogens is 1. The van der Waals surface area contributed by atoms with E-state index in [-0.39, 0.29) is 11.7 Å². The van der Waals surface area contributed by atoms with Crippen molar-refractivity contribution in [2.24, 2.45) is 5.92 Å². The van der Waals surface area contributed by atoms with E-state index in [1.807, 2.05) is 54.6 Å². The number of nitrogens with zero attached hydrogens (tertiary/aromatic N) is 2. The number of hydrogen-bond acceptors (Lipinski definition) is 4. The van der Waals surface area contributed by atoms with Gasteiger partial charge in [-0.1, -0.05) is 48.0 Å². The van der Waals surface area contributed by atoms with Crippen LogP contribution in [0.5, 0.6) is 0 Å². The molecule has 1 aliphatic heterocycles. The summed E-state index contributed by atoms with van der Waals surface area (Å²) in [5.74, 6) is 0.963. The quantitative estimate of drug-likeness (QED) is 0.578. The van der Waals surface area contributed by atoms with E-state index in [9.17, 15) is 4.79 Å². The standard InChI is InChI=1S/C22H21ClN2O2/c23-19-8-4-7-18(13-19)22-24-20(15-27-22)14-25-11-9-17(10-12-25)21(26)16-5-2-1-3-6-16/h1-8,13,15,17H,9-12,14H2. The lowest BCUT2D eigenvalue weighted by Crippen LogP contribution is -2.36. The SMILES string of the molecule is O=C(c1ccccc1)C1CCN(Cc2coc(-c3cccc(Cl)c3)n2)CC1. The van der Waals surface area contributed by atoms with Crippen LogP contribution in [0.3, 0.4) is 0 Å². The molecule has 0 radical (unpaired) electrons. The molecular weight excluding hydrogens is 360 g/mol. The zero-order valence-corrected chi connectivity index (χ0v) is 15.7. The van der Waals surface area contributed by atoms with E-state index >= 15 is 0 Å². The third kappa shape index (κ3) is 4.29. The lowest BCUT2D eigenvalue weighted by molar-refractivity contribution is 0.0834. The molecule has 0 aliphatic carbocycles. The van der Waals surface area contributed by atoms with Crippen LogP contribution in [0.2, 0.25) is 5.02 Å². The smallest absolute Gasteiger partial charge is 0.226 e. The Morgan fingerprint density at radius 2 is 1.89 bits per heavy atom. The number of aromatic nitrogens is 1. The predicted molar refractivity (Wildman–Crippen MR) is 106 cm³/mol. The molecule has 1 aliphatic rings. The molecular formula is C22H21ClN2O2. The zero-order valence-electron chi connectivity index (χ0n) is 15.0. The number of Topliss-reactive ketones (excluding diaryl/α,β-unsaturated/α-hetero) is 1. The molecule has 27 heavy (non-hydrogen) atoms. The molecule has 5 heteroatoms. The maximum absolute atomic E-state index is 12.6. The van der Waals surface area contributed by atoms with Crippen molar-refractivity contribution >= 4 is 17.4 Å². The van der Waals surface area contributed by atoms with Crippen molar-refractivity contribution in [2.75, 3.05) is 13.1 Å². The van der Waals surface area contributed by atoms with Crippen molar-refractivity contribution in [3.05, 3.63) is 77.1 Å². The van der Waals surface area contributed by atoms with Crippen LogP contribution in [0.15, 0.2) is 65.3 Å². The highest BCUT2D eigenvalue weighted by Crippen LogP contribution is 2.25. The monoisotopic (exact) mass is 380 g/mol. The van der Waals surface area contributed by atoms with Crippen LogP contribution < -0.4 is 0 Å². The van der Waals surface area contributed by atoms with E-state index in [1.165, 1.54) is 0 Å². The molecule has 138 valence electrons. The number of carbonyl (C=O) groups is 1. The average Bonchev–Trinajstić information content (AvgIpc) is 3.17. The minimum absolute atomic E-state index is 0.114. The Kier molecular flexibility index (Phi) is 5.37. The fourth-order valence-electron chi connectivity index (χ4n) is 3.55. The van der Waals surface area contributed by atoms with Gasteiger partial charge >= 0.3 is 0 Å². The fourth-order valence-corrected chi connectivity index (χ4v) is 3.74. The molecule has 0 amide bonds. The number of ketones is 1. The van der Waals surface area contributed by atoms with Gasteiger partial charge in [0.25, 0.3) is 0 Å². The van der Waals surface area contributed by atoms with Crippen molar-refractivity contribution in [1.82, 2.24) is 9.88 Å². The van der Waals surface area contributed by atoms with Crippen molar-refractivity contribution in [3.63, 3.8) is 0 Å². The molecule has 0 spiro atoms. The highest BCUT2D eigenvalue weighted by molar-refractivity contribution is 6.30. The summed E-state index contributed by atoms with van der Waals surface area (Å²) in [7, 11) is 0. The van der Waals surface area contributed by atoms with Crippen molar-refractivity contribution in [2.45, 2.75) is 19.4 Å². The van der Waals surface area contributed by atoms with E-state index < -0.39 is 0 Å². The summed E-state index contributed by atoms with van der Waals surface area (Å²) in [6.07, 6.45) is 3.47. The first-order chi connectivity index (χ1) is 13.2. The van der Waals surface area contributed by atoms with Crippen LogP contribution in [0.1, 0.15) is 28.9 Å². The molecule has 3 aromatic rings. The average molecular weight is 381 g/mol. The fraction of sp³-hybridized carbons (Fsp3) is 0.273. The molecule has 0 bridgehead atoms. The number of hydrogen-bond donors (Lipinski definition) is 0. The molecule has 0 unspecified atom stereocenters. The van der Waals surface area contributed by atoms with E-state index in [0.717, 1.165) is 49.3 Å². The van der Waals surface area contributed by atoms with Crippen molar-refractivity contribution in [3.8, 4) is 11.5 Å². The Labute approximate surface area is 163 Å². The third-order valence-corrected chi connectivity index (χ3v) is 5.26. The first-order valence-electron chi connectivity index (χ1n) is 9.21. The first-order valence-corrected chi connectivity index (χ1v) is 9.59. The van der Waals surface area contributed by atoms with Gasteiger partial charge in [0.1, 0.15) is 6.26 Å². The molecule has 0 N–H and O–H groups in total. The van der Waals surface area contributed by atoms with Gasteiger partial charge in [0.15, 0.2) is 5.78 Å². The Balaban J connectivity index is 1.34. The summed E-state index contributed by atoms with van der Waals surface area (Å²) in [6, 6.07) is 17.1. The highest BCUT2D eigenvalue weighted by atomic mass is 35.5. The van der Waals surface area contributed by atoms with Crippen molar-refractivity contribution in [1.29, 1.82) is 0 Å². The van der Waals surface area contributed by atoms with Crippen LogP contribution in [0, 0.1) is 5.92 Å². The number of oxazole rings is 1. The Morgan fingerprint density at radius 1 is 1.11 bits per heavy atom. The van der Waals surface area contributed by atoms with E-state index in [4.69, 9.17) is 16.0 Å². The minimum Gasteiger partial charge on any atom is -0.444 e. The molecule has 2 aromatic carbocycles. The minimum atomic E-state index is 0.114. The molecule has 1 aromatic heterocycles. The Hall–Kier alpha value is -2.43. The van der Waals surface area contributed by atoms with Gasteiger partial charge in [0.2, 0.25) is 5.89 Å². The number of carbonyl (C=O) groups excluding carboxylic acids is 1. The van der Waals surface area contributed by atoms with Gasteiger partial charge in [0.05, 0.1) is 5.69 Å². The number of likely N-dealkylation sites (tertiary alicyclic amines) is 1. The van der Waals surface area contributed by atoms with Gasteiger partial charge in [-0.15, -0.1) is 0 Å². The molecule has 0 atom stereocenters. The van der Waals surface area contributed by atoms with Crippen LogP contribution in [-0.4, -0.2) is 28.8 Å². The molecule has 2 heterocycles.